The van der Waals surface area contributed by atoms with Crippen molar-refractivity contribution < 1.29 is 0 Å². The molecule has 1 N–H and O–H groups in total. The highest BCUT2D eigenvalue weighted by Crippen LogP contribution is 2.24. The van der Waals surface area contributed by atoms with Crippen molar-refractivity contribution in [2.75, 3.05) is 0 Å². The Balaban J connectivity index is 2.10. The highest BCUT2D eigenvalue weighted by Gasteiger charge is 2.16. The van der Waals surface area contributed by atoms with Crippen LogP contribution in [0.2, 0.25) is 5.02 Å². The van der Waals surface area contributed by atoms with Gasteiger partial charge in [0.2, 0.25) is 0 Å². The van der Waals surface area contributed by atoms with E-state index in [1.54, 1.807) is 0 Å². The van der Waals surface area contributed by atoms with Gasteiger partial charge in [-0.2, -0.15) is 5.10 Å². The molecule has 0 aliphatic carbocycles. The summed E-state index contributed by atoms with van der Waals surface area (Å²) in [5.41, 5.74) is 3.59. The Morgan fingerprint density at radius 2 is 1.90 bits per heavy atom. The number of nitrogens with one attached hydrogen (secondary N) is 1. The van der Waals surface area contributed by atoms with Crippen LogP contribution < -0.4 is 5.32 Å². The van der Waals surface area contributed by atoms with Crippen LogP contribution >= 0.6 is 11.6 Å². The van der Waals surface area contributed by atoms with Crippen molar-refractivity contribution in [3.63, 3.8) is 0 Å². The van der Waals surface area contributed by atoms with Crippen LogP contribution in [0.15, 0.2) is 30.5 Å². The van der Waals surface area contributed by atoms with Crippen molar-refractivity contribution in [3.05, 3.63) is 52.3 Å². The first-order valence-corrected chi connectivity index (χ1v) is 7.33. The average molecular weight is 292 g/mol. The maximum Gasteiger partial charge on any atom is 0.0638 e. The molecule has 1 heterocycles. The summed E-state index contributed by atoms with van der Waals surface area (Å²) in [6, 6.07) is 8.39. The minimum Gasteiger partial charge on any atom is -0.306 e. The van der Waals surface area contributed by atoms with Gasteiger partial charge in [-0.3, -0.25) is 4.68 Å². The average Bonchev–Trinajstić information content (AvgIpc) is 2.70. The Labute approximate surface area is 126 Å². The second-order valence-electron chi connectivity index (χ2n) is 5.57. The normalized spacial score (nSPS) is 12.9. The molecule has 0 spiro atoms. The molecule has 0 bridgehead atoms. The van der Waals surface area contributed by atoms with Gasteiger partial charge in [-0.1, -0.05) is 37.6 Å². The van der Waals surface area contributed by atoms with Crippen LogP contribution in [0, 0.1) is 12.8 Å². The van der Waals surface area contributed by atoms with E-state index >= 15 is 0 Å². The fourth-order valence-electron chi connectivity index (χ4n) is 2.45. The summed E-state index contributed by atoms with van der Waals surface area (Å²) in [6.07, 6.45) is 2.07. The summed E-state index contributed by atoms with van der Waals surface area (Å²) in [5, 5.41) is 8.78. The maximum atomic E-state index is 5.96. The summed E-state index contributed by atoms with van der Waals surface area (Å²) in [4.78, 5) is 0. The van der Waals surface area contributed by atoms with E-state index in [4.69, 9.17) is 11.6 Å². The van der Waals surface area contributed by atoms with Gasteiger partial charge in [0.25, 0.3) is 0 Å². The molecule has 0 fully saturated rings. The zero-order valence-electron chi connectivity index (χ0n) is 12.5. The molecule has 2 rings (SSSR count). The largest absolute Gasteiger partial charge is 0.306 e. The topological polar surface area (TPSA) is 29.9 Å². The molecule has 0 aliphatic rings. The third-order valence-electron chi connectivity index (χ3n) is 3.52. The van der Waals surface area contributed by atoms with Crippen molar-refractivity contribution in [3.8, 4) is 0 Å². The first kappa shape index (κ1) is 15.1. The van der Waals surface area contributed by atoms with E-state index in [0.29, 0.717) is 12.0 Å². The molecule has 1 aromatic carbocycles. The zero-order chi connectivity index (χ0) is 14.7. The van der Waals surface area contributed by atoms with Gasteiger partial charge in [0.15, 0.2) is 0 Å². The molecule has 108 valence electrons. The predicted molar refractivity (Wildman–Crippen MR) is 83.8 cm³/mol. The van der Waals surface area contributed by atoms with Crippen molar-refractivity contribution in [1.82, 2.24) is 15.1 Å². The Morgan fingerprint density at radius 3 is 2.40 bits per heavy atom. The van der Waals surface area contributed by atoms with Crippen molar-refractivity contribution in [1.29, 1.82) is 0 Å². The summed E-state index contributed by atoms with van der Waals surface area (Å²) in [7, 11) is 1.95. The summed E-state index contributed by atoms with van der Waals surface area (Å²) >= 11 is 5.96. The molecule has 0 amide bonds. The molecule has 2 aromatic rings. The molecule has 1 atom stereocenters. The molecular weight excluding hydrogens is 270 g/mol. The van der Waals surface area contributed by atoms with E-state index < -0.39 is 0 Å². The van der Waals surface area contributed by atoms with Crippen molar-refractivity contribution in [2.45, 2.75) is 33.4 Å². The van der Waals surface area contributed by atoms with Gasteiger partial charge in [0.1, 0.15) is 0 Å². The van der Waals surface area contributed by atoms with Crippen LogP contribution in [-0.2, 0) is 13.6 Å². The highest BCUT2D eigenvalue weighted by atomic mass is 35.5. The Bertz CT molecular complexity index is 558. The minimum absolute atomic E-state index is 0.312. The van der Waals surface area contributed by atoms with Crippen LogP contribution in [0.4, 0.5) is 0 Å². The van der Waals surface area contributed by atoms with Crippen LogP contribution in [0.1, 0.15) is 36.7 Å². The summed E-state index contributed by atoms with van der Waals surface area (Å²) in [6.45, 7) is 7.32. The molecule has 20 heavy (non-hydrogen) atoms. The fourth-order valence-corrected chi connectivity index (χ4v) is 2.58. The predicted octanol–water partition coefficient (Wildman–Crippen LogP) is 3.87. The van der Waals surface area contributed by atoms with Gasteiger partial charge in [-0.05, 0) is 30.5 Å². The number of aryl methyl sites for hydroxylation is 2. The van der Waals surface area contributed by atoms with Gasteiger partial charge in [0, 0.05) is 36.4 Å². The van der Waals surface area contributed by atoms with E-state index in [1.165, 1.54) is 11.1 Å². The first-order chi connectivity index (χ1) is 9.47. The third kappa shape index (κ3) is 3.62. The minimum atomic E-state index is 0.312. The van der Waals surface area contributed by atoms with Gasteiger partial charge >= 0.3 is 0 Å². The Morgan fingerprint density at radius 1 is 1.25 bits per heavy atom. The van der Waals surface area contributed by atoms with E-state index in [1.807, 2.05) is 30.8 Å². The smallest absolute Gasteiger partial charge is 0.0638 e. The zero-order valence-corrected chi connectivity index (χ0v) is 13.3. The lowest BCUT2D eigenvalue weighted by Crippen LogP contribution is -2.25. The second kappa shape index (κ2) is 6.42. The Kier molecular flexibility index (Phi) is 4.84. The van der Waals surface area contributed by atoms with Gasteiger partial charge in [-0.15, -0.1) is 0 Å². The molecule has 0 aliphatic heterocycles. The first-order valence-electron chi connectivity index (χ1n) is 6.95. The summed E-state index contributed by atoms with van der Waals surface area (Å²) in [5.74, 6) is 0.508. The fraction of sp³-hybridized carbons (Fsp3) is 0.438. The molecule has 0 saturated carbocycles. The molecule has 0 saturated heterocycles. The number of rotatable bonds is 5. The maximum absolute atomic E-state index is 5.96. The lowest BCUT2D eigenvalue weighted by atomic mass is 9.96. The number of nitrogens with zero attached hydrogens (tertiary/aromatic N) is 2. The molecule has 3 nitrogen and oxygen atoms in total. The monoisotopic (exact) mass is 291 g/mol. The molecule has 0 radical (unpaired) electrons. The molecule has 4 heteroatoms. The molecule has 1 aromatic heterocycles. The number of hydrogen-bond donors (Lipinski definition) is 1. The lowest BCUT2D eigenvalue weighted by molar-refractivity contribution is 0.410. The highest BCUT2D eigenvalue weighted by molar-refractivity contribution is 6.30. The van der Waals surface area contributed by atoms with E-state index in [0.717, 1.165) is 17.3 Å². The van der Waals surface area contributed by atoms with E-state index in [-0.39, 0.29) is 0 Å². The standard InChI is InChI=1S/C16H22ClN3/c1-11(2)16(13-5-7-15(17)8-6-13)18-9-14-10-20(4)19-12(14)3/h5-8,10-11,16,18H,9H2,1-4H3. The van der Waals surface area contributed by atoms with Gasteiger partial charge < -0.3 is 5.32 Å². The van der Waals surface area contributed by atoms with Gasteiger partial charge in [-0.25, -0.2) is 0 Å². The van der Waals surface area contributed by atoms with Crippen LogP contribution in [0.25, 0.3) is 0 Å². The number of aromatic nitrogens is 2. The number of halogens is 1. The number of benzene rings is 1. The van der Waals surface area contributed by atoms with Crippen LogP contribution in [0.5, 0.6) is 0 Å². The van der Waals surface area contributed by atoms with Crippen molar-refractivity contribution >= 4 is 11.6 Å². The van der Waals surface area contributed by atoms with E-state index in [9.17, 15) is 0 Å². The van der Waals surface area contributed by atoms with Crippen molar-refractivity contribution in [2.24, 2.45) is 13.0 Å². The third-order valence-corrected chi connectivity index (χ3v) is 3.78. The van der Waals surface area contributed by atoms with E-state index in [2.05, 4.69) is 42.6 Å². The Hall–Kier alpha value is -1.32. The van der Waals surface area contributed by atoms with Crippen LogP contribution in [0.3, 0.4) is 0 Å². The lowest BCUT2D eigenvalue weighted by Gasteiger charge is -2.23. The quantitative estimate of drug-likeness (QED) is 0.906. The second-order valence-corrected chi connectivity index (χ2v) is 6.00. The van der Waals surface area contributed by atoms with Crippen LogP contribution in [-0.4, -0.2) is 9.78 Å². The molecule has 1 unspecified atom stereocenters. The number of hydrogen-bond acceptors (Lipinski definition) is 2. The van der Waals surface area contributed by atoms with Gasteiger partial charge in [0.05, 0.1) is 5.69 Å². The SMILES string of the molecule is Cc1nn(C)cc1CNC(c1ccc(Cl)cc1)C(C)C. The molecular formula is C16H22ClN3. The summed E-state index contributed by atoms with van der Waals surface area (Å²) < 4.78 is 1.86.